The molecule has 28 heavy (non-hydrogen) atoms. The molecule has 0 aliphatic carbocycles. The second-order valence-corrected chi connectivity index (χ2v) is 8.37. The van der Waals surface area contributed by atoms with Crippen LogP contribution >= 0.6 is 23.4 Å². The van der Waals surface area contributed by atoms with E-state index in [0.29, 0.717) is 28.4 Å². The number of anilines is 1. The number of amides is 2. The van der Waals surface area contributed by atoms with Crippen molar-refractivity contribution in [1.29, 1.82) is 0 Å². The van der Waals surface area contributed by atoms with E-state index in [4.69, 9.17) is 16.3 Å². The van der Waals surface area contributed by atoms with Gasteiger partial charge in [0.05, 0.1) is 27.8 Å². The Hall–Kier alpha value is -2.31. The minimum atomic E-state index is -0.610. The predicted octanol–water partition coefficient (Wildman–Crippen LogP) is 5.30. The number of rotatable bonds is 6. The molecule has 1 aliphatic rings. The minimum Gasteiger partial charge on any atom is -0.494 e. The smallest absolute Gasteiger partial charge is 0.272 e. The number of benzene rings is 2. The molecule has 146 valence electrons. The molecule has 1 heterocycles. The first-order chi connectivity index (χ1) is 13.3. The first kappa shape index (κ1) is 20.4. The number of imide groups is 1. The molecule has 0 N–H and O–H groups in total. The number of halogens is 2. The zero-order valence-corrected chi connectivity index (χ0v) is 17.2. The van der Waals surface area contributed by atoms with E-state index >= 15 is 0 Å². The summed E-state index contributed by atoms with van der Waals surface area (Å²) in [6, 6.07) is 10.8. The highest BCUT2D eigenvalue weighted by molar-refractivity contribution is 8.04. The second-order valence-electron chi connectivity index (χ2n) is 6.37. The molecule has 7 heteroatoms. The van der Waals surface area contributed by atoms with Gasteiger partial charge in [-0.15, -0.1) is 11.8 Å². The minimum absolute atomic E-state index is 0.0983. The van der Waals surface area contributed by atoms with Crippen LogP contribution in [0.4, 0.5) is 10.1 Å². The van der Waals surface area contributed by atoms with E-state index < -0.39 is 17.6 Å². The third kappa shape index (κ3) is 3.93. The van der Waals surface area contributed by atoms with E-state index in [-0.39, 0.29) is 16.0 Å². The van der Waals surface area contributed by atoms with E-state index in [1.54, 1.807) is 24.3 Å². The summed E-state index contributed by atoms with van der Waals surface area (Å²) in [7, 11) is 0. The quantitative estimate of drug-likeness (QED) is 0.596. The van der Waals surface area contributed by atoms with E-state index in [1.807, 2.05) is 20.8 Å². The largest absolute Gasteiger partial charge is 0.494 e. The molecular weight excluding hydrogens is 401 g/mol. The lowest BCUT2D eigenvalue weighted by atomic mass is 10.1. The van der Waals surface area contributed by atoms with Gasteiger partial charge in [-0.1, -0.05) is 37.6 Å². The van der Waals surface area contributed by atoms with Crippen LogP contribution in [-0.2, 0) is 9.59 Å². The average molecular weight is 420 g/mol. The molecule has 2 amide bonds. The molecular formula is C21H19ClFNO3S. The van der Waals surface area contributed by atoms with Gasteiger partial charge in [0.2, 0.25) is 0 Å². The molecule has 0 radical (unpaired) electrons. The van der Waals surface area contributed by atoms with Crippen molar-refractivity contribution in [2.45, 2.75) is 26.0 Å². The number of carbonyl (C=O) groups is 2. The van der Waals surface area contributed by atoms with E-state index in [9.17, 15) is 14.0 Å². The monoisotopic (exact) mass is 419 g/mol. The Kier molecular flexibility index (Phi) is 6.10. The summed E-state index contributed by atoms with van der Waals surface area (Å²) in [5, 5.41) is -0.0492. The fraction of sp³-hybridized carbons (Fsp3) is 0.238. The SMILES string of the molecule is CCOc1ccc(C2=C(SC(C)C)C(=O)N(c3ccc(F)c(Cl)c3)C2=O)cc1. The van der Waals surface area contributed by atoms with E-state index in [0.717, 1.165) is 11.0 Å². The number of nitrogens with zero attached hydrogens (tertiary/aromatic N) is 1. The lowest BCUT2D eigenvalue weighted by Gasteiger charge is -2.16. The van der Waals surface area contributed by atoms with Crippen LogP contribution in [0.1, 0.15) is 26.3 Å². The Balaban J connectivity index is 2.05. The van der Waals surface area contributed by atoms with Gasteiger partial charge >= 0.3 is 0 Å². The van der Waals surface area contributed by atoms with Gasteiger partial charge in [-0.3, -0.25) is 9.59 Å². The van der Waals surface area contributed by atoms with Gasteiger partial charge in [0.1, 0.15) is 11.6 Å². The van der Waals surface area contributed by atoms with Crippen LogP contribution in [0.15, 0.2) is 47.4 Å². The highest BCUT2D eigenvalue weighted by atomic mass is 35.5. The molecule has 0 unspecified atom stereocenters. The molecule has 0 atom stereocenters. The molecule has 0 aromatic heterocycles. The van der Waals surface area contributed by atoms with E-state index in [2.05, 4.69) is 0 Å². The first-order valence-corrected chi connectivity index (χ1v) is 10.1. The molecule has 0 bridgehead atoms. The maximum Gasteiger partial charge on any atom is 0.272 e. The molecule has 2 aromatic carbocycles. The standard InChI is InChI=1S/C21H19ClFNO3S/c1-4-27-15-8-5-13(6-9-15)18-19(28-12(2)3)21(26)24(20(18)25)14-7-10-17(23)16(22)11-14/h5-12H,4H2,1-3H3. The number of hydrogen-bond donors (Lipinski definition) is 0. The molecule has 0 spiro atoms. The number of carbonyl (C=O) groups excluding carboxylic acids is 2. The molecule has 0 saturated heterocycles. The van der Waals surface area contributed by atoms with Gasteiger partial charge in [0.25, 0.3) is 11.8 Å². The van der Waals surface area contributed by atoms with Gasteiger partial charge in [0, 0.05) is 5.25 Å². The van der Waals surface area contributed by atoms with Gasteiger partial charge in [-0.25, -0.2) is 9.29 Å². The maximum atomic E-state index is 13.5. The van der Waals surface area contributed by atoms with E-state index in [1.165, 1.54) is 23.9 Å². The van der Waals surface area contributed by atoms with Crippen molar-refractivity contribution in [1.82, 2.24) is 0 Å². The number of hydrogen-bond acceptors (Lipinski definition) is 4. The van der Waals surface area contributed by atoms with Gasteiger partial charge in [-0.05, 0) is 42.8 Å². The van der Waals surface area contributed by atoms with Crippen molar-refractivity contribution in [2.24, 2.45) is 0 Å². The number of thioether (sulfide) groups is 1. The van der Waals surface area contributed by atoms with Gasteiger partial charge in [0.15, 0.2) is 0 Å². The highest BCUT2D eigenvalue weighted by Gasteiger charge is 2.40. The number of ether oxygens (including phenoxy) is 1. The first-order valence-electron chi connectivity index (χ1n) is 8.81. The van der Waals surface area contributed by atoms with Crippen molar-refractivity contribution in [3.05, 3.63) is 63.8 Å². The fourth-order valence-corrected chi connectivity index (χ4v) is 4.01. The summed E-state index contributed by atoms with van der Waals surface area (Å²) in [6.45, 7) is 6.32. The van der Waals surface area contributed by atoms with Crippen molar-refractivity contribution in [3.8, 4) is 5.75 Å². The second kappa shape index (κ2) is 8.37. The summed E-state index contributed by atoms with van der Waals surface area (Å²) in [5.74, 6) is -0.819. The summed E-state index contributed by atoms with van der Waals surface area (Å²) in [6.07, 6.45) is 0. The Morgan fingerprint density at radius 3 is 2.36 bits per heavy atom. The molecule has 3 rings (SSSR count). The van der Waals surface area contributed by atoms with Crippen molar-refractivity contribution < 1.29 is 18.7 Å². The average Bonchev–Trinajstić information content (AvgIpc) is 2.88. The maximum absolute atomic E-state index is 13.5. The molecule has 1 aliphatic heterocycles. The van der Waals surface area contributed by atoms with Crippen molar-refractivity contribution in [2.75, 3.05) is 11.5 Å². The molecule has 0 fully saturated rings. The lowest BCUT2D eigenvalue weighted by molar-refractivity contribution is -0.119. The Morgan fingerprint density at radius 1 is 1.11 bits per heavy atom. The summed E-state index contributed by atoms with van der Waals surface area (Å²) in [4.78, 5) is 27.7. The van der Waals surface area contributed by atoms with Crippen LogP contribution in [0.3, 0.4) is 0 Å². The Morgan fingerprint density at radius 2 is 1.79 bits per heavy atom. The van der Waals surface area contributed by atoms with Crippen LogP contribution in [0.25, 0.3) is 5.57 Å². The Bertz CT molecular complexity index is 957. The third-order valence-electron chi connectivity index (χ3n) is 4.01. The zero-order chi connectivity index (χ0) is 20.4. The van der Waals surface area contributed by atoms with Crippen molar-refractivity contribution >= 4 is 46.4 Å². The Labute approximate surface area is 172 Å². The summed E-state index contributed by atoms with van der Waals surface area (Å²) < 4.78 is 19.0. The summed E-state index contributed by atoms with van der Waals surface area (Å²) in [5.41, 5.74) is 1.19. The van der Waals surface area contributed by atoms with Crippen molar-refractivity contribution in [3.63, 3.8) is 0 Å². The van der Waals surface area contributed by atoms with Gasteiger partial charge in [-0.2, -0.15) is 0 Å². The highest BCUT2D eigenvalue weighted by Crippen LogP contribution is 2.40. The normalized spacial score (nSPS) is 14.4. The summed E-state index contributed by atoms with van der Waals surface area (Å²) >= 11 is 7.18. The zero-order valence-electron chi connectivity index (χ0n) is 15.7. The van der Waals surface area contributed by atoms with Crippen LogP contribution in [0.5, 0.6) is 5.75 Å². The lowest BCUT2D eigenvalue weighted by Crippen LogP contribution is -2.31. The van der Waals surface area contributed by atoms with Crippen LogP contribution in [0, 0.1) is 5.82 Å². The third-order valence-corrected chi connectivity index (χ3v) is 5.39. The molecule has 4 nitrogen and oxygen atoms in total. The topological polar surface area (TPSA) is 46.6 Å². The predicted molar refractivity (Wildman–Crippen MR) is 111 cm³/mol. The fourth-order valence-electron chi connectivity index (χ4n) is 2.85. The molecule has 0 saturated carbocycles. The van der Waals surface area contributed by atoms with Gasteiger partial charge < -0.3 is 4.74 Å². The van der Waals surface area contributed by atoms with Crippen LogP contribution in [-0.4, -0.2) is 23.7 Å². The van der Waals surface area contributed by atoms with Crippen LogP contribution in [0.2, 0.25) is 5.02 Å². The molecule has 2 aromatic rings. The van der Waals surface area contributed by atoms with Crippen LogP contribution < -0.4 is 9.64 Å².